The van der Waals surface area contributed by atoms with Crippen molar-refractivity contribution >= 4 is 29.5 Å². The third-order valence-electron chi connectivity index (χ3n) is 3.39. The lowest BCUT2D eigenvalue weighted by Crippen LogP contribution is -2.62. The summed E-state index contributed by atoms with van der Waals surface area (Å²) in [6, 6.07) is 6.30. The first kappa shape index (κ1) is 12.9. The Balaban J connectivity index is 1.63. The summed E-state index contributed by atoms with van der Waals surface area (Å²) in [5, 5.41) is 0.563. The van der Waals surface area contributed by atoms with Crippen LogP contribution in [0.2, 0.25) is 5.02 Å². The highest BCUT2D eigenvalue weighted by Gasteiger charge is 2.44. The Morgan fingerprint density at radius 1 is 1.20 bits per heavy atom. The molecule has 2 fully saturated rings. The van der Waals surface area contributed by atoms with E-state index in [2.05, 4.69) is 4.74 Å². The highest BCUT2D eigenvalue weighted by atomic mass is 35.5. The van der Waals surface area contributed by atoms with Crippen molar-refractivity contribution < 1.29 is 19.1 Å². The smallest absolute Gasteiger partial charge is 0.417 e. The maximum absolute atomic E-state index is 12.1. The van der Waals surface area contributed by atoms with Gasteiger partial charge < -0.3 is 9.64 Å². The Morgan fingerprint density at radius 2 is 1.85 bits per heavy atom. The number of nitrogens with zero attached hydrogens (tertiary/aromatic N) is 2. The molecule has 0 atom stereocenters. The van der Waals surface area contributed by atoms with E-state index in [-0.39, 0.29) is 24.5 Å². The molecule has 104 valence electrons. The molecule has 0 radical (unpaired) electrons. The van der Waals surface area contributed by atoms with E-state index < -0.39 is 6.09 Å². The SMILES string of the molecule is O=C(c1ccc(Cl)cc1)N1CC(N2C(=O)COC2=O)C1. The molecule has 3 rings (SSSR count). The summed E-state index contributed by atoms with van der Waals surface area (Å²) in [5.74, 6) is -0.489. The van der Waals surface area contributed by atoms with Crippen molar-refractivity contribution in [2.24, 2.45) is 0 Å². The predicted molar refractivity (Wildman–Crippen MR) is 69.3 cm³/mol. The molecule has 0 aromatic heterocycles. The molecule has 0 aliphatic carbocycles. The van der Waals surface area contributed by atoms with Gasteiger partial charge in [-0.25, -0.2) is 9.69 Å². The fourth-order valence-corrected chi connectivity index (χ4v) is 2.40. The zero-order chi connectivity index (χ0) is 14.3. The Morgan fingerprint density at radius 3 is 2.40 bits per heavy atom. The van der Waals surface area contributed by atoms with Gasteiger partial charge in [-0.2, -0.15) is 0 Å². The van der Waals surface area contributed by atoms with Crippen LogP contribution in [0.1, 0.15) is 10.4 Å². The van der Waals surface area contributed by atoms with E-state index in [1.165, 1.54) is 0 Å². The zero-order valence-corrected chi connectivity index (χ0v) is 11.2. The van der Waals surface area contributed by atoms with Crippen LogP contribution < -0.4 is 0 Å². The molecule has 2 saturated heterocycles. The van der Waals surface area contributed by atoms with Crippen LogP contribution in [0.15, 0.2) is 24.3 Å². The molecule has 2 aliphatic heterocycles. The minimum atomic E-state index is -0.626. The lowest BCUT2D eigenvalue weighted by molar-refractivity contribution is -0.129. The molecule has 2 aliphatic rings. The molecule has 0 N–H and O–H groups in total. The highest BCUT2D eigenvalue weighted by molar-refractivity contribution is 6.30. The van der Waals surface area contributed by atoms with Crippen molar-refractivity contribution in [1.29, 1.82) is 0 Å². The molecule has 0 unspecified atom stereocenters. The normalized spacial score (nSPS) is 19.1. The van der Waals surface area contributed by atoms with Crippen molar-refractivity contribution in [3.05, 3.63) is 34.9 Å². The summed E-state index contributed by atoms with van der Waals surface area (Å²) < 4.78 is 4.65. The molecule has 0 spiro atoms. The van der Waals surface area contributed by atoms with Crippen LogP contribution in [0.5, 0.6) is 0 Å². The van der Waals surface area contributed by atoms with Gasteiger partial charge >= 0.3 is 6.09 Å². The number of carbonyl (C=O) groups excluding carboxylic acids is 3. The van der Waals surface area contributed by atoms with Gasteiger partial charge in [-0.05, 0) is 24.3 Å². The number of hydrogen-bond donors (Lipinski definition) is 0. The highest BCUT2D eigenvalue weighted by Crippen LogP contribution is 2.22. The van der Waals surface area contributed by atoms with Gasteiger partial charge in [0.25, 0.3) is 11.8 Å². The van der Waals surface area contributed by atoms with Crippen molar-refractivity contribution in [3.8, 4) is 0 Å². The summed E-state index contributed by atoms with van der Waals surface area (Å²) in [6.45, 7) is 0.463. The van der Waals surface area contributed by atoms with Crippen LogP contribution in [-0.2, 0) is 9.53 Å². The number of amides is 3. The number of carbonyl (C=O) groups is 3. The quantitative estimate of drug-likeness (QED) is 0.820. The Labute approximate surface area is 119 Å². The van der Waals surface area contributed by atoms with Crippen LogP contribution in [0.4, 0.5) is 4.79 Å². The fourth-order valence-electron chi connectivity index (χ4n) is 2.28. The monoisotopic (exact) mass is 294 g/mol. The maximum atomic E-state index is 12.1. The number of ether oxygens (including phenoxy) is 1. The fraction of sp³-hybridized carbons (Fsp3) is 0.308. The van der Waals surface area contributed by atoms with Crippen LogP contribution >= 0.6 is 11.6 Å². The van der Waals surface area contributed by atoms with Gasteiger partial charge in [-0.3, -0.25) is 9.59 Å². The van der Waals surface area contributed by atoms with Crippen LogP contribution in [0.3, 0.4) is 0 Å². The molecule has 3 amide bonds. The molecule has 1 aromatic rings. The summed E-state index contributed by atoms with van der Waals surface area (Å²) >= 11 is 5.76. The van der Waals surface area contributed by atoms with Gasteiger partial charge in [0.15, 0.2) is 6.61 Å². The largest absolute Gasteiger partial charge is 0.439 e. The maximum Gasteiger partial charge on any atom is 0.417 e. The lowest BCUT2D eigenvalue weighted by Gasteiger charge is -2.41. The Hall–Kier alpha value is -2.08. The minimum Gasteiger partial charge on any atom is -0.439 e. The average Bonchev–Trinajstić information content (AvgIpc) is 2.70. The van der Waals surface area contributed by atoms with Crippen LogP contribution in [-0.4, -0.2) is 53.4 Å². The Bertz CT molecular complexity index is 565. The predicted octanol–water partition coefficient (Wildman–Crippen LogP) is 1.14. The van der Waals surface area contributed by atoms with Crippen molar-refractivity contribution in [2.45, 2.75) is 6.04 Å². The number of halogens is 1. The number of benzene rings is 1. The van der Waals surface area contributed by atoms with E-state index in [0.717, 1.165) is 4.90 Å². The van der Waals surface area contributed by atoms with Gasteiger partial charge in [-0.1, -0.05) is 11.6 Å². The molecule has 2 heterocycles. The van der Waals surface area contributed by atoms with Crippen molar-refractivity contribution in [1.82, 2.24) is 9.80 Å². The summed E-state index contributed by atoms with van der Waals surface area (Å²) in [4.78, 5) is 37.6. The molecule has 7 heteroatoms. The Kier molecular flexibility index (Phi) is 3.10. The average molecular weight is 295 g/mol. The number of likely N-dealkylation sites (tertiary alicyclic amines) is 1. The van der Waals surface area contributed by atoms with E-state index in [0.29, 0.717) is 23.7 Å². The third-order valence-corrected chi connectivity index (χ3v) is 3.64. The first-order chi connectivity index (χ1) is 9.56. The number of cyclic esters (lactones) is 1. The van der Waals surface area contributed by atoms with Crippen LogP contribution in [0.25, 0.3) is 0 Å². The first-order valence-corrected chi connectivity index (χ1v) is 6.48. The van der Waals surface area contributed by atoms with Gasteiger partial charge in [0.1, 0.15) is 0 Å². The third kappa shape index (κ3) is 2.12. The first-order valence-electron chi connectivity index (χ1n) is 6.10. The molecule has 20 heavy (non-hydrogen) atoms. The van der Waals surface area contributed by atoms with Gasteiger partial charge in [0.2, 0.25) is 0 Å². The number of rotatable bonds is 2. The molecule has 6 nitrogen and oxygen atoms in total. The second-order valence-corrected chi connectivity index (χ2v) is 5.13. The zero-order valence-electron chi connectivity index (χ0n) is 10.4. The molecule has 0 bridgehead atoms. The van der Waals surface area contributed by atoms with Crippen LogP contribution in [0, 0.1) is 0 Å². The second kappa shape index (κ2) is 4.79. The molecular formula is C13H11ClN2O4. The van der Waals surface area contributed by atoms with E-state index in [9.17, 15) is 14.4 Å². The summed E-state index contributed by atoms with van der Waals surface area (Å²) in [5.41, 5.74) is 0.531. The van der Waals surface area contributed by atoms with E-state index in [1.54, 1.807) is 29.2 Å². The topological polar surface area (TPSA) is 66.9 Å². The van der Waals surface area contributed by atoms with E-state index in [1.807, 2.05) is 0 Å². The van der Waals surface area contributed by atoms with E-state index >= 15 is 0 Å². The molecule has 1 aromatic carbocycles. The van der Waals surface area contributed by atoms with E-state index in [4.69, 9.17) is 11.6 Å². The number of imide groups is 1. The van der Waals surface area contributed by atoms with Gasteiger partial charge in [0.05, 0.1) is 6.04 Å². The van der Waals surface area contributed by atoms with Crippen molar-refractivity contribution in [2.75, 3.05) is 19.7 Å². The lowest BCUT2D eigenvalue weighted by atomic mass is 10.1. The van der Waals surface area contributed by atoms with Gasteiger partial charge in [-0.15, -0.1) is 0 Å². The molecule has 0 saturated carbocycles. The number of hydrogen-bond acceptors (Lipinski definition) is 4. The molecular weight excluding hydrogens is 284 g/mol. The minimum absolute atomic E-state index is 0.141. The standard InChI is InChI=1S/C13H11ClN2O4/c14-9-3-1-8(2-4-9)12(18)15-5-10(6-15)16-11(17)7-20-13(16)19/h1-4,10H,5-7H2. The summed E-state index contributed by atoms with van der Waals surface area (Å²) in [7, 11) is 0. The second-order valence-electron chi connectivity index (χ2n) is 4.69. The summed E-state index contributed by atoms with van der Waals surface area (Å²) in [6.07, 6.45) is -0.626. The van der Waals surface area contributed by atoms with Gasteiger partial charge in [0, 0.05) is 23.7 Å². The van der Waals surface area contributed by atoms with Crippen molar-refractivity contribution in [3.63, 3.8) is 0 Å².